The molecule has 0 aliphatic heterocycles. The molecular formula is C23H30N4O3S. The number of anilines is 1. The zero-order valence-corrected chi connectivity index (χ0v) is 19.6. The number of aromatic nitrogens is 2. The van der Waals surface area contributed by atoms with Gasteiger partial charge in [-0.05, 0) is 49.2 Å². The third-order valence-corrected chi connectivity index (χ3v) is 7.79. The minimum absolute atomic E-state index is 0.0782. The quantitative estimate of drug-likeness (QED) is 0.575. The molecule has 0 unspecified atom stereocenters. The molecule has 7 nitrogen and oxygen atoms in total. The molecule has 0 atom stereocenters. The lowest BCUT2D eigenvalue weighted by molar-refractivity contribution is -0.116. The van der Waals surface area contributed by atoms with Crippen molar-refractivity contribution in [3.8, 4) is 0 Å². The number of hydrogen-bond donors (Lipinski definition) is 1. The SMILES string of the molecule is CCN(CC)S(=O)(=O)c1ccc2c(c1)nc(CCC(=O)Nc1cccc(C)c1C)n2C. The molecule has 3 aromatic rings. The van der Waals surface area contributed by atoms with Crippen LogP contribution in [0.15, 0.2) is 41.3 Å². The summed E-state index contributed by atoms with van der Waals surface area (Å²) in [4.78, 5) is 17.3. The standard InChI is InChI=1S/C23H30N4O3S/c1-6-27(7-2)31(29,30)18-11-12-21-20(15-18)24-22(26(21)5)13-14-23(28)25-19-10-8-9-16(3)17(19)4/h8-12,15H,6-7,13-14H2,1-5H3,(H,25,28). The Kier molecular flexibility index (Phi) is 6.81. The molecule has 0 saturated heterocycles. The lowest BCUT2D eigenvalue weighted by Crippen LogP contribution is -2.30. The second-order valence-electron chi connectivity index (χ2n) is 7.62. The third-order valence-electron chi connectivity index (χ3n) is 5.74. The van der Waals surface area contributed by atoms with E-state index in [2.05, 4.69) is 10.3 Å². The van der Waals surface area contributed by atoms with Gasteiger partial charge in [-0.25, -0.2) is 13.4 Å². The molecule has 1 amide bonds. The Balaban J connectivity index is 1.78. The average molecular weight is 443 g/mol. The predicted molar refractivity (Wildman–Crippen MR) is 124 cm³/mol. The van der Waals surface area contributed by atoms with Crippen LogP contribution in [0.1, 0.15) is 37.2 Å². The number of nitrogens with zero attached hydrogens (tertiary/aromatic N) is 3. The monoisotopic (exact) mass is 442 g/mol. The molecule has 8 heteroatoms. The molecule has 0 bridgehead atoms. The molecule has 0 radical (unpaired) electrons. The van der Waals surface area contributed by atoms with Gasteiger partial charge in [0.1, 0.15) is 5.82 Å². The summed E-state index contributed by atoms with van der Waals surface area (Å²) >= 11 is 0. The largest absolute Gasteiger partial charge is 0.331 e. The summed E-state index contributed by atoms with van der Waals surface area (Å²) in [5.41, 5.74) is 4.45. The van der Waals surface area contributed by atoms with E-state index in [1.165, 1.54) is 4.31 Å². The van der Waals surface area contributed by atoms with Gasteiger partial charge in [-0.2, -0.15) is 4.31 Å². The maximum Gasteiger partial charge on any atom is 0.243 e. The summed E-state index contributed by atoms with van der Waals surface area (Å²) in [6.07, 6.45) is 0.745. The molecular weight excluding hydrogens is 412 g/mol. The van der Waals surface area contributed by atoms with E-state index in [0.29, 0.717) is 25.0 Å². The summed E-state index contributed by atoms with van der Waals surface area (Å²) in [6, 6.07) is 10.8. The molecule has 0 aliphatic rings. The summed E-state index contributed by atoms with van der Waals surface area (Å²) < 4.78 is 29.0. The number of nitrogens with one attached hydrogen (secondary N) is 1. The number of benzene rings is 2. The Labute approximate surface area is 184 Å². The molecule has 166 valence electrons. The number of fused-ring (bicyclic) bond motifs is 1. The van der Waals surface area contributed by atoms with Crippen LogP contribution in [0.3, 0.4) is 0 Å². The zero-order chi connectivity index (χ0) is 22.8. The van der Waals surface area contributed by atoms with Gasteiger partial charge in [0.05, 0.1) is 15.9 Å². The number of imidazole rings is 1. The summed E-state index contributed by atoms with van der Waals surface area (Å²) in [6.45, 7) is 8.47. The predicted octanol–water partition coefficient (Wildman–Crippen LogP) is 3.79. The molecule has 0 aliphatic carbocycles. The van der Waals surface area contributed by atoms with Crippen molar-refractivity contribution in [2.24, 2.45) is 7.05 Å². The van der Waals surface area contributed by atoms with E-state index in [-0.39, 0.29) is 17.2 Å². The van der Waals surface area contributed by atoms with Gasteiger partial charge in [0.2, 0.25) is 15.9 Å². The normalized spacial score (nSPS) is 11.9. The van der Waals surface area contributed by atoms with Crippen LogP contribution in [-0.4, -0.2) is 41.3 Å². The Morgan fingerprint density at radius 2 is 1.84 bits per heavy atom. The van der Waals surface area contributed by atoms with Crippen molar-refractivity contribution in [2.75, 3.05) is 18.4 Å². The minimum atomic E-state index is -3.54. The first kappa shape index (κ1) is 23.0. The van der Waals surface area contributed by atoms with Crippen molar-refractivity contribution in [1.82, 2.24) is 13.9 Å². The third kappa shape index (κ3) is 4.65. The fourth-order valence-electron chi connectivity index (χ4n) is 3.65. The van der Waals surface area contributed by atoms with Crippen molar-refractivity contribution < 1.29 is 13.2 Å². The van der Waals surface area contributed by atoms with Gasteiger partial charge < -0.3 is 9.88 Å². The Morgan fingerprint density at radius 1 is 1.13 bits per heavy atom. The van der Waals surface area contributed by atoms with Crippen molar-refractivity contribution >= 4 is 32.7 Å². The van der Waals surface area contributed by atoms with Gasteiger partial charge in [-0.15, -0.1) is 0 Å². The topological polar surface area (TPSA) is 84.3 Å². The van der Waals surface area contributed by atoms with E-state index in [9.17, 15) is 13.2 Å². The molecule has 0 spiro atoms. The van der Waals surface area contributed by atoms with Crippen LogP contribution in [0.25, 0.3) is 11.0 Å². The maximum absolute atomic E-state index is 12.8. The second kappa shape index (κ2) is 9.20. The van der Waals surface area contributed by atoms with Gasteiger partial charge in [0, 0.05) is 38.7 Å². The molecule has 1 aromatic heterocycles. The van der Waals surface area contributed by atoms with Gasteiger partial charge in [-0.3, -0.25) is 4.79 Å². The number of rotatable bonds is 8. The van der Waals surface area contributed by atoms with Crippen molar-refractivity contribution in [3.63, 3.8) is 0 Å². The maximum atomic E-state index is 12.8. The first-order valence-electron chi connectivity index (χ1n) is 10.5. The highest BCUT2D eigenvalue weighted by atomic mass is 32.2. The number of aryl methyl sites for hydroxylation is 3. The fraction of sp³-hybridized carbons (Fsp3) is 0.391. The van der Waals surface area contributed by atoms with Gasteiger partial charge >= 0.3 is 0 Å². The smallest absolute Gasteiger partial charge is 0.243 e. The van der Waals surface area contributed by atoms with E-state index in [0.717, 1.165) is 28.2 Å². The highest BCUT2D eigenvalue weighted by molar-refractivity contribution is 7.89. The fourth-order valence-corrected chi connectivity index (χ4v) is 5.13. The first-order valence-corrected chi connectivity index (χ1v) is 11.9. The van der Waals surface area contributed by atoms with Crippen LogP contribution in [0, 0.1) is 13.8 Å². The number of sulfonamides is 1. The number of hydrogen-bond acceptors (Lipinski definition) is 4. The molecule has 0 saturated carbocycles. The molecule has 1 N–H and O–H groups in total. The Hall–Kier alpha value is -2.71. The first-order chi connectivity index (χ1) is 14.7. The minimum Gasteiger partial charge on any atom is -0.331 e. The van der Waals surface area contributed by atoms with Gasteiger partial charge in [0.25, 0.3) is 0 Å². The van der Waals surface area contributed by atoms with Crippen LogP contribution in [0.4, 0.5) is 5.69 Å². The molecule has 1 heterocycles. The Bertz CT molecular complexity index is 1210. The number of carbonyl (C=O) groups excluding carboxylic acids is 1. The second-order valence-corrected chi connectivity index (χ2v) is 9.56. The van der Waals surface area contributed by atoms with Crippen LogP contribution < -0.4 is 5.32 Å². The van der Waals surface area contributed by atoms with E-state index in [1.807, 2.05) is 57.5 Å². The molecule has 0 fully saturated rings. The number of carbonyl (C=O) groups is 1. The van der Waals surface area contributed by atoms with E-state index in [1.54, 1.807) is 18.2 Å². The van der Waals surface area contributed by atoms with Gasteiger partial charge in [-0.1, -0.05) is 26.0 Å². The van der Waals surface area contributed by atoms with Crippen LogP contribution in [0.2, 0.25) is 0 Å². The van der Waals surface area contributed by atoms with Crippen LogP contribution in [-0.2, 0) is 28.3 Å². The summed E-state index contributed by atoms with van der Waals surface area (Å²) in [5.74, 6) is 0.661. The summed E-state index contributed by atoms with van der Waals surface area (Å²) in [5, 5.41) is 2.97. The molecule has 2 aromatic carbocycles. The molecule has 31 heavy (non-hydrogen) atoms. The van der Waals surface area contributed by atoms with Gasteiger partial charge in [0.15, 0.2) is 0 Å². The lowest BCUT2D eigenvalue weighted by atomic mass is 10.1. The highest BCUT2D eigenvalue weighted by Gasteiger charge is 2.22. The molecule has 3 rings (SSSR count). The van der Waals surface area contributed by atoms with E-state index < -0.39 is 10.0 Å². The van der Waals surface area contributed by atoms with Crippen molar-refractivity contribution in [2.45, 2.75) is 45.4 Å². The Morgan fingerprint density at radius 3 is 2.52 bits per heavy atom. The zero-order valence-electron chi connectivity index (χ0n) is 18.8. The van der Waals surface area contributed by atoms with Crippen molar-refractivity contribution in [1.29, 1.82) is 0 Å². The lowest BCUT2D eigenvalue weighted by Gasteiger charge is -2.18. The average Bonchev–Trinajstić information content (AvgIpc) is 3.05. The summed E-state index contributed by atoms with van der Waals surface area (Å²) in [7, 11) is -1.66. The van der Waals surface area contributed by atoms with E-state index in [4.69, 9.17) is 0 Å². The van der Waals surface area contributed by atoms with Crippen LogP contribution >= 0.6 is 0 Å². The van der Waals surface area contributed by atoms with Crippen molar-refractivity contribution in [3.05, 3.63) is 53.3 Å². The highest BCUT2D eigenvalue weighted by Crippen LogP contribution is 2.23. The van der Waals surface area contributed by atoms with Crippen LogP contribution in [0.5, 0.6) is 0 Å². The van der Waals surface area contributed by atoms with E-state index >= 15 is 0 Å². The number of amides is 1.